The van der Waals surface area contributed by atoms with Crippen LogP contribution in [-0.4, -0.2) is 5.78 Å². The molecule has 0 radical (unpaired) electrons. The topological polar surface area (TPSA) is 17.1 Å². The number of rotatable bonds is 2. The standard InChI is InChI=1S/C10H14O/c1-8(2)10(11)9-6-4-3-5-7-9/h3-4,6,8H,5,7H2,1-2H3. The number of carbonyl (C=O) groups is 1. The molecule has 1 aliphatic rings. The molecule has 0 aliphatic heterocycles. The van der Waals surface area contributed by atoms with Gasteiger partial charge in [0.05, 0.1) is 0 Å². The SMILES string of the molecule is CC(C)C(=O)C1=CC=CCC1. The van der Waals surface area contributed by atoms with Gasteiger partial charge >= 0.3 is 0 Å². The first-order chi connectivity index (χ1) is 5.22. The molecule has 1 heteroatoms. The highest BCUT2D eigenvalue weighted by Gasteiger charge is 2.12. The maximum absolute atomic E-state index is 11.4. The van der Waals surface area contributed by atoms with Gasteiger partial charge in [0.2, 0.25) is 0 Å². The van der Waals surface area contributed by atoms with Crippen molar-refractivity contribution in [3.8, 4) is 0 Å². The van der Waals surface area contributed by atoms with E-state index in [0.717, 1.165) is 18.4 Å². The molecule has 1 rings (SSSR count). The number of ketones is 1. The number of hydrogen-bond acceptors (Lipinski definition) is 1. The molecule has 0 aromatic carbocycles. The van der Waals surface area contributed by atoms with E-state index in [-0.39, 0.29) is 5.92 Å². The molecule has 0 bridgehead atoms. The molecule has 0 atom stereocenters. The molecular weight excluding hydrogens is 136 g/mol. The highest BCUT2D eigenvalue weighted by atomic mass is 16.1. The lowest BCUT2D eigenvalue weighted by molar-refractivity contribution is -0.118. The summed E-state index contributed by atoms with van der Waals surface area (Å²) in [5.41, 5.74) is 0.988. The lowest BCUT2D eigenvalue weighted by Crippen LogP contribution is -2.10. The van der Waals surface area contributed by atoms with Crippen molar-refractivity contribution in [3.05, 3.63) is 23.8 Å². The van der Waals surface area contributed by atoms with Crippen molar-refractivity contribution in [2.75, 3.05) is 0 Å². The van der Waals surface area contributed by atoms with Gasteiger partial charge in [-0.25, -0.2) is 0 Å². The molecule has 0 fully saturated rings. The molecule has 0 N–H and O–H groups in total. The van der Waals surface area contributed by atoms with E-state index in [2.05, 4.69) is 6.08 Å². The van der Waals surface area contributed by atoms with Crippen LogP contribution in [0.25, 0.3) is 0 Å². The smallest absolute Gasteiger partial charge is 0.161 e. The Bertz CT molecular complexity index is 209. The van der Waals surface area contributed by atoms with Crippen LogP contribution in [0.4, 0.5) is 0 Å². The fraction of sp³-hybridized carbons (Fsp3) is 0.500. The van der Waals surface area contributed by atoms with Crippen LogP contribution in [0.15, 0.2) is 23.8 Å². The minimum atomic E-state index is 0.146. The highest BCUT2D eigenvalue weighted by molar-refractivity contribution is 5.97. The zero-order valence-corrected chi connectivity index (χ0v) is 7.13. The van der Waals surface area contributed by atoms with Crippen LogP contribution in [0.1, 0.15) is 26.7 Å². The Morgan fingerprint density at radius 3 is 2.73 bits per heavy atom. The second kappa shape index (κ2) is 3.51. The van der Waals surface area contributed by atoms with Gasteiger partial charge in [-0.15, -0.1) is 0 Å². The van der Waals surface area contributed by atoms with Gasteiger partial charge in [-0.05, 0) is 18.4 Å². The predicted molar refractivity (Wildman–Crippen MR) is 46.3 cm³/mol. The van der Waals surface area contributed by atoms with Crippen LogP contribution in [0, 0.1) is 5.92 Å². The van der Waals surface area contributed by atoms with Crippen molar-refractivity contribution in [1.82, 2.24) is 0 Å². The Morgan fingerprint density at radius 1 is 1.55 bits per heavy atom. The van der Waals surface area contributed by atoms with Crippen LogP contribution in [-0.2, 0) is 4.79 Å². The third kappa shape index (κ3) is 2.04. The number of allylic oxidation sites excluding steroid dienone is 4. The van der Waals surface area contributed by atoms with Crippen LogP contribution < -0.4 is 0 Å². The van der Waals surface area contributed by atoms with E-state index < -0.39 is 0 Å². The molecule has 60 valence electrons. The van der Waals surface area contributed by atoms with Crippen LogP contribution in [0.3, 0.4) is 0 Å². The van der Waals surface area contributed by atoms with Gasteiger partial charge in [0.1, 0.15) is 0 Å². The summed E-state index contributed by atoms with van der Waals surface area (Å²) < 4.78 is 0. The van der Waals surface area contributed by atoms with Crippen molar-refractivity contribution >= 4 is 5.78 Å². The predicted octanol–water partition coefficient (Wildman–Crippen LogP) is 2.49. The Labute approximate surface area is 67.8 Å². The highest BCUT2D eigenvalue weighted by Crippen LogP contribution is 2.16. The summed E-state index contributed by atoms with van der Waals surface area (Å²) in [7, 11) is 0. The quantitative estimate of drug-likeness (QED) is 0.591. The molecule has 0 aromatic rings. The lowest BCUT2D eigenvalue weighted by Gasteiger charge is -2.09. The van der Waals surface area contributed by atoms with Crippen LogP contribution in [0.5, 0.6) is 0 Å². The first kappa shape index (κ1) is 8.25. The Morgan fingerprint density at radius 2 is 2.27 bits per heavy atom. The first-order valence-corrected chi connectivity index (χ1v) is 4.11. The summed E-state index contributed by atoms with van der Waals surface area (Å²) in [5.74, 6) is 0.446. The van der Waals surface area contributed by atoms with Gasteiger partial charge in [0.15, 0.2) is 5.78 Å². The molecule has 0 saturated heterocycles. The zero-order valence-electron chi connectivity index (χ0n) is 7.13. The summed E-state index contributed by atoms with van der Waals surface area (Å²) in [6, 6.07) is 0. The maximum Gasteiger partial charge on any atom is 0.161 e. The van der Waals surface area contributed by atoms with E-state index in [9.17, 15) is 4.79 Å². The van der Waals surface area contributed by atoms with Crippen molar-refractivity contribution in [1.29, 1.82) is 0 Å². The molecule has 0 spiro atoms. The normalized spacial score (nSPS) is 16.8. The van der Waals surface area contributed by atoms with Gasteiger partial charge in [0.25, 0.3) is 0 Å². The molecule has 0 heterocycles. The third-order valence-electron chi connectivity index (χ3n) is 1.85. The van der Waals surface area contributed by atoms with Gasteiger partial charge in [-0.3, -0.25) is 4.79 Å². The van der Waals surface area contributed by atoms with Crippen LogP contribution in [0.2, 0.25) is 0 Å². The fourth-order valence-corrected chi connectivity index (χ4v) is 1.18. The van der Waals surface area contributed by atoms with Gasteiger partial charge in [0, 0.05) is 5.92 Å². The molecule has 1 aliphatic carbocycles. The summed E-state index contributed by atoms with van der Waals surface area (Å²) in [5, 5.41) is 0. The summed E-state index contributed by atoms with van der Waals surface area (Å²) in [6.45, 7) is 3.89. The molecular formula is C10H14O. The zero-order chi connectivity index (χ0) is 8.27. The van der Waals surface area contributed by atoms with Crippen molar-refractivity contribution < 1.29 is 4.79 Å². The van der Waals surface area contributed by atoms with E-state index in [1.807, 2.05) is 26.0 Å². The average molecular weight is 150 g/mol. The molecule has 1 nitrogen and oxygen atoms in total. The minimum absolute atomic E-state index is 0.146. The van der Waals surface area contributed by atoms with E-state index >= 15 is 0 Å². The Balaban J connectivity index is 2.66. The summed E-state index contributed by atoms with van der Waals surface area (Å²) >= 11 is 0. The number of Topliss-reactive ketones (excluding diaryl/α,β-unsaturated/α-hetero) is 1. The molecule has 11 heavy (non-hydrogen) atoms. The molecule has 0 aromatic heterocycles. The van der Waals surface area contributed by atoms with Crippen molar-refractivity contribution in [2.45, 2.75) is 26.7 Å². The van der Waals surface area contributed by atoms with Crippen molar-refractivity contribution in [2.24, 2.45) is 5.92 Å². The van der Waals surface area contributed by atoms with Crippen molar-refractivity contribution in [3.63, 3.8) is 0 Å². The minimum Gasteiger partial charge on any atom is -0.294 e. The second-order valence-electron chi connectivity index (χ2n) is 3.18. The number of carbonyl (C=O) groups excluding carboxylic acids is 1. The maximum atomic E-state index is 11.4. The average Bonchev–Trinajstić information content (AvgIpc) is 2.05. The second-order valence-corrected chi connectivity index (χ2v) is 3.18. The van der Waals surface area contributed by atoms with Gasteiger partial charge < -0.3 is 0 Å². The van der Waals surface area contributed by atoms with Gasteiger partial charge in [-0.2, -0.15) is 0 Å². The van der Waals surface area contributed by atoms with E-state index in [0.29, 0.717) is 5.78 Å². The summed E-state index contributed by atoms with van der Waals surface area (Å²) in [6.07, 6.45) is 7.94. The third-order valence-corrected chi connectivity index (χ3v) is 1.85. The van der Waals surface area contributed by atoms with Gasteiger partial charge in [-0.1, -0.05) is 32.1 Å². The lowest BCUT2D eigenvalue weighted by atomic mass is 9.95. The molecule has 0 amide bonds. The number of hydrogen-bond donors (Lipinski definition) is 0. The van der Waals surface area contributed by atoms with E-state index in [1.165, 1.54) is 0 Å². The summed E-state index contributed by atoms with van der Waals surface area (Å²) in [4.78, 5) is 11.4. The fourth-order valence-electron chi connectivity index (χ4n) is 1.18. The van der Waals surface area contributed by atoms with E-state index in [1.54, 1.807) is 0 Å². The largest absolute Gasteiger partial charge is 0.294 e. The monoisotopic (exact) mass is 150 g/mol. The van der Waals surface area contributed by atoms with E-state index in [4.69, 9.17) is 0 Å². The Kier molecular flexibility index (Phi) is 2.64. The van der Waals surface area contributed by atoms with Crippen LogP contribution >= 0.6 is 0 Å². The first-order valence-electron chi connectivity index (χ1n) is 4.11. The molecule has 0 unspecified atom stereocenters. The molecule has 0 saturated carbocycles. The Hall–Kier alpha value is -0.850.